The molecule has 0 saturated carbocycles. The number of sulfonamides is 1. The second kappa shape index (κ2) is 10.2. The Morgan fingerprint density at radius 1 is 1.00 bits per heavy atom. The molecule has 1 atom stereocenters. The third kappa shape index (κ3) is 5.85. The van der Waals surface area contributed by atoms with Gasteiger partial charge in [-0.1, -0.05) is 55.0 Å². The molecule has 0 bridgehead atoms. The largest absolute Gasteiger partial charge is 0.425 e. The smallest absolute Gasteiger partial charge is 0.336 e. The number of carbonyl (C=O) groups is 1. The molecule has 0 saturated heterocycles. The van der Waals surface area contributed by atoms with Crippen LogP contribution in [0.2, 0.25) is 0 Å². The molecule has 3 aromatic carbocycles. The van der Waals surface area contributed by atoms with Crippen LogP contribution in [0.1, 0.15) is 23.6 Å². The van der Waals surface area contributed by atoms with Crippen molar-refractivity contribution in [2.75, 3.05) is 0 Å². The van der Waals surface area contributed by atoms with Crippen LogP contribution in [-0.4, -0.2) is 20.4 Å². The first-order valence-corrected chi connectivity index (χ1v) is 12.6. The zero-order valence-corrected chi connectivity index (χ0v) is 20.2. The third-order valence-corrected chi connectivity index (χ3v) is 7.08. The summed E-state index contributed by atoms with van der Waals surface area (Å²) in [4.78, 5) is 25.1. The molecule has 0 fully saturated rings. The molecule has 4 aromatic rings. The lowest BCUT2D eigenvalue weighted by molar-refractivity contribution is -0.136. The summed E-state index contributed by atoms with van der Waals surface area (Å²) in [5, 5.41) is 0.743. The fourth-order valence-corrected chi connectivity index (χ4v) is 4.93. The summed E-state index contributed by atoms with van der Waals surface area (Å²) in [6.45, 7) is 3.78. The second-order valence-electron chi connectivity index (χ2n) is 8.20. The summed E-state index contributed by atoms with van der Waals surface area (Å²) in [5.41, 5.74) is 2.30. The first-order chi connectivity index (χ1) is 16.7. The Labute approximate surface area is 203 Å². The van der Waals surface area contributed by atoms with Gasteiger partial charge in [0, 0.05) is 17.5 Å². The SMILES string of the molecule is CCc1cc(=O)oc2cc(OC(=O)C(Cc3ccccc3)NS(=O)(=O)c3ccc(C)cc3)ccc12. The molecule has 4 rings (SSSR count). The maximum atomic E-state index is 13.2. The van der Waals surface area contributed by atoms with Crippen LogP contribution in [0.4, 0.5) is 0 Å². The van der Waals surface area contributed by atoms with Gasteiger partial charge in [0.25, 0.3) is 0 Å². The maximum absolute atomic E-state index is 13.2. The topological polar surface area (TPSA) is 103 Å². The number of esters is 1. The predicted octanol–water partition coefficient (Wildman–Crippen LogP) is 4.16. The molecule has 180 valence electrons. The molecule has 0 aliphatic heterocycles. The van der Waals surface area contributed by atoms with Crippen LogP contribution >= 0.6 is 0 Å². The van der Waals surface area contributed by atoms with E-state index in [2.05, 4.69) is 4.72 Å². The lowest BCUT2D eigenvalue weighted by Gasteiger charge is -2.18. The number of hydrogen-bond donors (Lipinski definition) is 1. The van der Waals surface area contributed by atoms with E-state index in [9.17, 15) is 18.0 Å². The van der Waals surface area contributed by atoms with Gasteiger partial charge in [-0.25, -0.2) is 18.0 Å². The first kappa shape index (κ1) is 24.4. The van der Waals surface area contributed by atoms with Gasteiger partial charge in [0.2, 0.25) is 10.0 Å². The van der Waals surface area contributed by atoms with E-state index in [1.807, 2.05) is 32.0 Å². The van der Waals surface area contributed by atoms with Crippen LogP contribution in [0.5, 0.6) is 5.75 Å². The fourth-order valence-electron chi connectivity index (χ4n) is 3.75. The highest BCUT2D eigenvalue weighted by Gasteiger charge is 2.28. The lowest BCUT2D eigenvalue weighted by atomic mass is 10.1. The Morgan fingerprint density at radius 2 is 1.71 bits per heavy atom. The molecule has 35 heavy (non-hydrogen) atoms. The van der Waals surface area contributed by atoms with Gasteiger partial charge in [-0.15, -0.1) is 0 Å². The van der Waals surface area contributed by atoms with Gasteiger partial charge in [-0.05, 0) is 55.2 Å². The van der Waals surface area contributed by atoms with Crippen molar-refractivity contribution in [2.45, 2.75) is 37.6 Å². The standard InChI is InChI=1S/C27H25NO6S/c1-3-20-16-26(29)34-25-17-21(11-14-23(20)25)33-27(30)24(15-19-7-5-4-6-8-19)28-35(31,32)22-12-9-18(2)10-13-22/h4-14,16-17,24,28H,3,15H2,1-2H3. The van der Waals surface area contributed by atoms with E-state index in [1.54, 1.807) is 36.4 Å². The first-order valence-electron chi connectivity index (χ1n) is 11.2. The third-order valence-electron chi connectivity index (χ3n) is 5.60. The van der Waals surface area contributed by atoms with E-state index in [-0.39, 0.29) is 17.1 Å². The molecule has 0 aliphatic rings. The number of nitrogens with one attached hydrogen (secondary N) is 1. The highest BCUT2D eigenvalue weighted by Crippen LogP contribution is 2.24. The minimum Gasteiger partial charge on any atom is -0.425 e. The van der Waals surface area contributed by atoms with E-state index >= 15 is 0 Å². The Hall–Kier alpha value is -3.75. The quantitative estimate of drug-likeness (QED) is 0.226. The number of aryl methyl sites for hydroxylation is 2. The van der Waals surface area contributed by atoms with Crippen LogP contribution < -0.4 is 15.1 Å². The molecule has 7 nitrogen and oxygen atoms in total. The molecule has 0 spiro atoms. The summed E-state index contributed by atoms with van der Waals surface area (Å²) in [6.07, 6.45) is 0.731. The summed E-state index contributed by atoms with van der Waals surface area (Å²) < 4.78 is 39.3. The molecule has 1 unspecified atom stereocenters. The summed E-state index contributed by atoms with van der Waals surface area (Å²) in [6, 6.07) is 20.4. The minimum absolute atomic E-state index is 0.0496. The molecular weight excluding hydrogens is 466 g/mol. The van der Waals surface area contributed by atoms with Gasteiger partial charge in [0.05, 0.1) is 4.90 Å². The van der Waals surface area contributed by atoms with Gasteiger partial charge >= 0.3 is 11.6 Å². The van der Waals surface area contributed by atoms with Gasteiger partial charge < -0.3 is 9.15 Å². The minimum atomic E-state index is -3.99. The molecular formula is C27H25NO6S. The summed E-state index contributed by atoms with van der Waals surface area (Å²) in [7, 11) is -3.99. The van der Waals surface area contributed by atoms with Crippen LogP contribution in [0, 0.1) is 6.92 Å². The molecule has 8 heteroatoms. The zero-order chi connectivity index (χ0) is 25.0. The fraction of sp³-hybridized carbons (Fsp3) is 0.185. The van der Waals surface area contributed by atoms with Crippen molar-refractivity contribution in [3.8, 4) is 5.75 Å². The van der Waals surface area contributed by atoms with Crippen molar-refractivity contribution in [1.29, 1.82) is 0 Å². The van der Waals surface area contributed by atoms with Gasteiger partial charge in [0.15, 0.2) is 0 Å². The molecule has 1 N–H and O–H groups in total. The van der Waals surface area contributed by atoms with Crippen molar-refractivity contribution in [3.05, 3.63) is 106 Å². The lowest BCUT2D eigenvalue weighted by Crippen LogP contribution is -2.44. The van der Waals surface area contributed by atoms with Crippen molar-refractivity contribution in [1.82, 2.24) is 4.72 Å². The number of rotatable bonds is 8. The van der Waals surface area contributed by atoms with Gasteiger partial charge in [0.1, 0.15) is 17.4 Å². The molecule has 0 amide bonds. The van der Waals surface area contributed by atoms with Crippen LogP contribution in [0.15, 0.2) is 93.0 Å². The van der Waals surface area contributed by atoms with E-state index < -0.39 is 27.7 Å². The average molecular weight is 492 g/mol. The normalized spacial score (nSPS) is 12.4. The molecule has 1 aromatic heterocycles. The van der Waals surface area contributed by atoms with Crippen molar-refractivity contribution in [3.63, 3.8) is 0 Å². The number of ether oxygens (including phenoxy) is 1. The van der Waals surface area contributed by atoms with Crippen LogP contribution in [-0.2, 0) is 27.7 Å². The average Bonchev–Trinajstić information content (AvgIpc) is 2.83. The monoisotopic (exact) mass is 491 g/mol. The van der Waals surface area contributed by atoms with E-state index in [0.29, 0.717) is 12.0 Å². The molecule has 0 radical (unpaired) electrons. The summed E-state index contributed by atoms with van der Waals surface area (Å²) >= 11 is 0. The summed E-state index contributed by atoms with van der Waals surface area (Å²) in [5.74, 6) is -0.635. The van der Waals surface area contributed by atoms with Crippen molar-refractivity contribution < 1.29 is 22.4 Å². The van der Waals surface area contributed by atoms with Gasteiger partial charge in [-0.3, -0.25) is 0 Å². The molecule has 1 heterocycles. The highest BCUT2D eigenvalue weighted by molar-refractivity contribution is 7.89. The Bertz CT molecular complexity index is 1510. The Balaban J connectivity index is 1.63. The number of fused-ring (bicyclic) bond motifs is 1. The van der Waals surface area contributed by atoms with E-state index in [1.165, 1.54) is 24.3 Å². The Morgan fingerprint density at radius 3 is 2.40 bits per heavy atom. The highest BCUT2D eigenvalue weighted by atomic mass is 32.2. The van der Waals surface area contributed by atoms with Crippen LogP contribution in [0.25, 0.3) is 11.0 Å². The van der Waals surface area contributed by atoms with E-state index in [0.717, 1.165) is 22.1 Å². The maximum Gasteiger partial charge on any atom is 0.336 e. The van der Waals surface area contributed by atoms with Gasteiger partial charge in [-0.2, -0.15) is 4.72 Å². The predicted molar refractivity (Wildman–Crippen MR) is 133 cm³/mol. The number of carbonyl (C=O) groups excluding carboxylic acids is 1. The van der Waals surface area contributed by atoms with Crippen molar-refractivity contribution in [2.24, 2.45) is 0 Å². The Kier molecular flexibility index (Phi) is 7.14. The molecule has 0 aliphatic carbocycles. The number of benzene rings is 3. The second-order valence-corrected chi connectivity index (χ2v) is 9.91. The van der Waals surface area contributed by atoms with Crippen molar-refractivity contribution >= 4 is 27.0 Å². The zero-order valence-electron chi connectivity index (χ0n) is 19.4. The van der Waals surface area contributed by atoms with Crippen LogP contribution in [0.3, 0.4) is 0 Å². The van der Waals surface area contributed by atoms with E-state index in [4.69, 9.17) is 9.15 Å². The number of hydrogen-bond acceptors (Lipinski definition) is 6.